The van der Waals surface area contributed by atoms with Gasteiger partial charge in [-0.1, -0.05) is 13.8 Å². The van der Waals surface area contributed by atoms with Crippen molar-refractivity contribution < 1.29 is 9.47 Å². The topological polar surface area (TPSA) is 47.7 Å². The van der Waals surface area contributed by atoms with Gasteiger partial charge in [0.15, 0.2) is 0 Å². The molecule has 0 saturated heterocycles. The van der Waals surface area contributed by atoms with E-state index < -0.39 is 0 Å². The van der Waals surface area contributed by atoms with Crippen LogP contribution < -0.4 is 15.2 Å². The fraction of sp³-hybridized carbons (Fsp3) is 0.625. The van der Waals surface area contributed by atoms with Crippen LogP contribution in [0.5, 0.6) is 11.5 Å². The van der Waals surface area contributed by atoms with Crippen molar-refractivity contribution in [3.8, 4) is 11.5 Å². The maximum Gasteiger partial charge on any atom is 0.119 e. The molecule has 0 fully saturated rings. The van der Waals surface area contributed by atoms with Gasteiger partial charge in [-0.05, 0) is 50.2 Å². The Morgan fingerprint density at radius 1 is 1.10 bits per heavy atom. The molecule has 0 bridgehead atoms. The number of nitrogens with zero attached hydrogens (tertiary/aromatic N) is 1. The van der Waals surface area contributed by atoms with Crippen LogP contribution in [0.1, 0.15) is 20.3 Å². The fourth-order valence-electron chi connectivity index (χ4n) is 1.81. The summed E-state index contributed by atoms with van der Waals surface area (Å²) in [4.78, 5) is 2.26. The average Bonchev–Trinajstić information content (AvgIpc) is 2.45. The summed E-state index contributed by atoms with van der Waals surface area (Å²) in [5, 5.41) is 0. The molecule has 0 saturated carbocycles. The summed E-state index contributed by atoms with van der Waals surface area (Å²) in [6.07, 6.45) is 1.02. The van der Waals surface area contributed by atoms with Gasteiger partial charge in [0.1, 0.15) is 18.1 Å². The highest BCUT2D eigenvalue weighted by atomic mass is 16.5. The van der Waals surface area contributed by atoms with E-state index in [1.165, 1.54) is 0 Å². The minimum atomic E-state index is 0.278. The molecule has 0 spiro atoms. The third-order valence-corrected chi connectivity index (χ3v) is 3.50. The van der Waals surface area contributed by atoms with Gasteiger partial charge in [0, 0.05) is 12.6 Å². The summed E-state index contributed by atoms with van der Waals surface area (Å²) in [5.41, 5.74) is 6.04. The van der Waals surface area contributed by atoms with E-state index in [-0.39, 0.29) is 6.04 Å². The summed E-state index contributed by atoms with van der Waals surface area (Å²) in [5.74, 6) is 2.26. The predicted molar refractivity (Wildman–Crippen MR) is 83.4 cm³/mol. The summed E-state index contributed by atoms with van der Waals surface area (Å²) in [6, 6.07) is 7.93. The Labute approximate surface area is 122 Å². The third kappa shape index (κ3) is 6.26. The molecule has 0 aromatic heterocycles. The smallest absolute Gasteiger partial charge is 0.119 e. The zero-order valence-electron chi connectivity index (χ0n) is 13.1. The van der Waals surface area contributed by atoms with Gasteiger partial charge in [0.05, 0.1) is 7.11 Å². The highest BCUT2D eigenvalue weighted by Crippen LogP contribution is 2.16. The molecule has 0 aliphatic carbocycles. The van der Waals surface area contributed by atoms with Gasteiger partial charge >= 0.3 is 0 Å². The third-order valence-electron chi connectivity index (χ3n) is 3.50. The molecule has 0 heterocycles. The number of methoxy groups -OCH3 is 1. The predicted octanol–water partition coefficient (Wildman–Crippen LogP) is 2.38. The number of hydrogen-bond donors (Lipinski definition) is 1. The monoisotopic (exact) mass is 280 g/mol. The Kier molecular flexibility index (Phi) is 7.41. The second-order valence-electron chi connectivity index (χ2n) is 5.52. The molecule has 0 radical (unpaired) electrons. The Bertz CT molecular complexity index is 365. The lowest BCUT2D eigenvalue weighted by molar-refractivity contribution is 0.228. The average molecular weight is 280 g/mol. The first-order valence-electron chi connectivity index (χ1n) is 7.24. The van der Waals surface area contributed by atoms with Crippen LogP contribution in [-0.2, 0) is 0 Å². The SMILES string of the molecule is COc1ccc(OCCN(C)CCC(N)C(C)C)cc1. The summed E-state index contributed by atoms with van der Waals surface area (Å²) < 4.78 is 10.8. The van der Waals surface area contributed by atoms with E-state index in [4.69, 9.17) is 15.2 Å². The molecule has 1 aromatic rings. The first-order valence-corrected chi connectivity index (χ1v) is 7.24. The standard InChI is InChI=1S/C16H28N2O2/c1-13(2)16(17)9-10-18(3)11-12-20-15-7-5-14(19-4)6-8-15/h5-8,13,16H,9-12,17H2,1-4H3. The van der Waals surface area contributed by atoms with Crippen molar-refractivity contribution in [1.29, 1.82) is 0 Å². The number of rotatable bonds is 9. The zero-order chi connectivity index (χ0) is 15.0. The number of ether oxygens (including phenoxy) is 2. The van der Waals surface area contributed by atoms with Crippen molar-refractivity contribution in [3.05, 3.63) is 24.3 Å². The molecule has 114 valence electrons. The minimum absolute atomic E-state index is 0.278. The Morgan fingerprint density at radius 3 is 2.25 bits per heavy atom. The molecule has 0 amide bonds. The van der Waals surface area contributed by atoms with Crippen molar-refractivity contribution in [3.63, 3.8) is 0 Å². The molecule has 1 rings (SSSR count). The van der Waals surface area contributed by atoms with Crippen molar-refractivity contribution in [1.82, 2.24) is 4.90 Å². The first kappa shape index (κ1) is 16.8. The van der Waals surface area contributed by atoms with E-state index in [0.29, 0.717) is 12.5 Å². The molecule has 0 aliphatic rings. The molecule has 1 aromatic carbocycles. The number of hydrogen-bond acceptors (Lipinski definition) is 4. The first-order chi connectivity index (χ1) is 9.52. The second kappa shape index (κ2) is 8.82. The van der Waals surface area contributed by atoms with Gasteiger partial charge in [-0.15, -0.1) is 0 Å². The summed E-state index contributed by atoms with van der Waals surface area (Å²) in [7, 11) is 3.76. The lowest BCUT2D eigenvalue weighted by Crippen LogP contribution is -2.33. The van der Waals surface area contributed by atoms with Gasteiger partial charge in [-0.2, -0.15) is 0 Å². The van der Waals surface area contributed by atoms with E-state index in [0.717, 1.165) is 31.0 Å². The van der Waals surface area contributed by atoms with Gasteiger partial charge in [-0.3, -0.25) is 0 Å². The van der Waals surface area contributed by atoms with Crippen LogP contribution >= 0.6 is 0 Å². The van der Waals surface area contributed by atoms with Crippen molar-refractivity contribution in [2.24, 2.45) is 11.7 Å². The minimum Gasteiger partial charge on any atom is -0.497 e. The molecule has 1 atom stereocenters. The second-order valence-corrected chi connectivity index (χ2v) is 5.52. The van der Waals surface area contributed by atoms with E-state index in [1.807, 2.05) is 24.3 Å². The van der Waals surface area contributed by atoms with Gasteiger partial charge < -0.3 is 20.1 Å². The molecular weight excluding hydrogens is 252 g/mol. The maximum atomic E-state index is 6.04. The lowest BCUT2D eigenvalue weighted by Gasteiger charge is -2.21. The molecule has 0 aliphatic heterocycles. The number of likely N-dealkylation sites (N-methyl/N-ethyl adjacent to an activating group) is 1. The van der Waals surface area contributed by atoms with Crippen LogP contribution in [0.3, 0.4) is 0 Å². The maximum absolute atomic E-state index is 6.04. The fourth-order valence-corrected chi connectivity index (χ4v) is 1.81. The van der Waals surface area contributed by atoms with Crippen LogP contribution in [-0.4, -0.2) is 44.8 Å². The van der Waals surface area contributed by atoms with E-state index in [2.05, 4.69) is 25.8 Å². The summed E-state index contributed by atoms with van der Waals surface area (Å²) >= 11 is 0. The van der Waals surface area contributed by atoms with E-state index in [9.17, 15) is 0 Å². The molecular formula is C16H28N2O2. The van der Waals surface area contributed by atoms with Crippen molar-refractivity contribution >= 4 is 0 Å². The largest absolute Gasteiger partial charge is 0.497 e. The van der Waals surface area contributed by atoms with Gasteiger partial charge in [-0.25, -0.2) is 0 Å². The Morgan fingerprint density at radius 2 is 1.70 bits per heavy atom. The molecule has 2 N–H and O–H groups in total. The number of nitrogens with two attached hydrogens (primary N) is 1. The Balaban J connectivity index is 2.19. The molecule has 1 unspecified atom stereocenters. The zero-order valence-corrected chi connectivity index (χ0v) is 13.1. The van der Waals surface area contributed by atoms with Crippen molar-refractivity contribution in [2.45, 2.75) is 26.3 Å². The summed E-state index contributed by atoms with van der Waals surface area (Å²) in [6.45, 7) is 6.91. The lowest BCUT2D eigenvalue weighted by atomic mass is 10.0. The molecule has 4 heteroatoms. The molecule has 4 nitrogen and oxygen atoms in total. The highest BCUT2D eigenvalue weighted by Gasteiger charge is 2.08. The van der Waals surface area contributed by atoms with Gasteiger partial charge in [0.2, 0.25) is 0 Å². The van der Waals surface area contributed by atoms with Gasteiger partial charge in [0.25, 0.3) is 0 Å². The van der Waals surface area contributed by atoms with Crippen LogP contribution in [0.25, 0.3) is 0 Å². The van der Waals surface area contributed by atoms with Crippen LogP contribution in [0, 0.1) is 5.92 Å². The highest BCUT2D eigenvalue weighted by molar-refractivity contribution is 5.31. The Hall–Kier alpha value is -1.26. The van der Waals surface area contributed by atoms with Crippen LogP contribution in [0.15, 0.2) is 24.3 Å². The normalized spacial score (nSPS) is 12.8. The molecule has 20 heavy (non-hydrogen) atoms. The number of benzene rings is 1. The quantitative estimate of drug-likeness (QED) is 0.754. The van der Waals surface area contributed by atoms with Crippen LogP contribution in [0.4, 0.5) is 0 Å². The van der Waals surface area contributed by atoms with E-state index >= 15 is 0 Å². The van der Waals surface area contributed by atoms with Crippen LogP contribution in [0.2, 0.25) is 0 Å². The van der Waals surface area contributed by atoms with Crippen molar-refractivity contribution in [2.75, 3.05) is 33.9 Å². The van der Waals surface area contributed by atoms with E-state index in [1.54, 1.807) is 7.11 Å².